The quantitative estimate of drug-likeness (QED) is 0.178. The molecule has 5 aromatic heterocycles. The zero-order valence-electron chi connectivity index (χ0n) is 36.8. The highest BCUT2D eigenvalue weighted by atomic mass is 15.2. The number of hydrogen-bond donors (Lipinski definition) is 0. The number of benzene rings is 10. The molecule has 0 fully saturated rings. The van der Waals surface area contributed by atoms with E-state index in [0.29, 0.717) is 17.6 Å². The van der Waals surface area contributed by atoms with E-state index in [0.717, 1.165) is 65.4 Å². The predicted molar refractivity (Wildman–Crippen MR) is 285 cm³/mol. The molecule has 0 unspecified atom stereocenters. The van der Waals surface area contributed by atoms with Crippen LogP contribution in [0.4, 0.5) is 0 Å². The summed E-state index contributed by atoms with van der Waals surface area (Å²) in [7, 11) is 0. The largest absolute Gasteiger partial charge is 0.309 e. The molecule has 15 rings (SSSR count). The van der Waals surface area contributed by atoms with Crippen LogP contribution in [0, 0.1) is 0 Å². The number of rotatable bonds is 3. The summed E-state index contributed by atoms with van der Waals surface area (Å²) in [4.78, 5) is 15.5. The summed E-state index contributed by atoms with van der Waals surface area (Å²) in [6, 6.07) is 85.4. The van der Waals surface area contributed by atoms with E-state index in [1.54, 1.807) is 0 Å². The Hall–Kier alpha value is -9.19. The smallest absolute Gasteiger partial charge is 0.238 e. The first-order chi connectivity index (χ1) is 33.7. The fraction of sp³-hybridized carbons (Fsp3) is 0. The molecule has 0 saturated carbocycles. The summed E-state index contributed by atoms with van der Waals surface area (Å²) in [6.45, 7) is 0. The second-order valence-corrected chi connectivity index (χ2v) is 17.7. The van der Waals surface area contributed by atoms with E-state index in [9.17, 15) is 0 Å². The van der Waals surface area contributed by atoms with Gasteiger partial charge in [-0.15, -0.1) is 0 Å². The van der Waals surface area contributed by atoms with Crippen molar-refractivity contribution >= 4 is 103 Å². The summed E-state index contributed by atoms with van der Waals surface area (Å²) in [6.07, 6.45) is 0. The molecule has 5 nitrogen and oxygen atoms in total. The van der Waals surface area contributed by atoms with Crippen molar-refractivity contribution in [3.8, 4) is 28.7 Å². The zero-order chi connectivity index (χ0) is 44.7. The van der Waals surface area contributed by atoms with Gasteiger partial charge in [0.2, 0.25) is 5.95 Å². The number of nitrogens with zero attached hydrogens (tertiary/aromatic N) is 5. The van der Waals surface area contributed by atoms with E-state index >= 15 is 0 Å². The van der Waals surface area contributed by atoms with Crippen molar-refractivity contribution in [3.63, 3.8) is 0 Å². The lowest BCUT2D eigenvalue weighted by Crippen LogP contribution is -2.06. The number of fused-ring (bicyclic) bond motifs is 2. The molecular formula is C63H39N5. The van der Waals surface area contributed by atoms with Crippen LogP contribution in [0.3, 0.4) is 0 Å². The van der Waals surface area contributed by atoms with E-state index in [1.807, 2.05) is 36.4 Å². The molecule has 15 aromatic rings. The van der Waals surface area contributed by atoms with E-state index in [1.165, 1.54) is 48.7 Å². The van der Waals surface area contributed by atoms with Gasteiger partial charge in [0.25, 0.3) is 0 Å². The minimum Gasteiger partial charge on any atom is -0.309 e. The summed E-state index contributed by atoms with van der Waals surface area (Å²) >= 11 is 0. The van der Waals surface area contributed by atoms with E-state index in [-0.39, 0.29) is 0 Å². The van der Waals surface area contributed by atoms with Gasteiger partial charge in [0, 0.05) is 38.2 Å². The highest BCUT2D eigenvalue weighted by Gasteiger charge is 2.19. The Morgan fingerprint density at radius 3 is 1.13 bits per heavy atom. The highest BCUT2D eigenvalue weighted by molar-refractivity contribution is 6.16. The lowest BCUT2D eigenvalue weighted by Gasteiger charge is -2.11. The third kappa shape index (κ3) is 6.21. The minimum absolute atomic E-state index is 0.567. The van der Waals surface area contributed by atoms with Gasteiger partial charge in [-0.05, 0) is 127 Å². The fourth-order valence-electron chi connectivity index (χ4n) is 10.4. The molecule has 0 aliphatic heterocycles. The standard InChI is InChI=1S/C63H39N5/c1-3-13-40(14-4-1)61-64-62(41-15-5-2-6-16-41)66-63(65-61)68-59-31-28-49-38-55(59)56-39-51(29-32-60(56)68)50-27-30-58-54(37-50)53-25-7-8-26-57(53)67(58)52-24-12-23-48(36-52)46-21-10-19-44(34-46)42-17-9-18-43(33-42)45-20-11-22-47(49)35-45/h1-39H. The molecule has 5 heteroatoms. The van der Waals surface area contributed by atoms with Crippen LogP contribution >= 0.6 is 0 Å². The first-order valence-electron chi connectivity index (χ1n) is 23.1. The van der Waals surface area contributed by atoms with Crippen molar-refractivity contribution in [2.24, 2.45) is 0 Å². The number of para-hydroxylation sites is 1. The zero-order valence-corrected chi connectivity index (χ0v) is 36.8. The maximum absolute atomic E-state index is 5.24. The molecule has 316 valence electrons. The van der Waals surface area contributed by atoms with Gasteiger partial charge in [0.1, 0.15) is 0 Å². The van der Waals surface area contributed by atoms with Crippen molar-refractivity contribution in [3.05, 3.63) is 237 Å². The van der Waals surface area contributed by atoms with Crippen LogP contribution in [-0.2, 0) is 0 Å². The van der Waals surface area contributed by atoms with Crippen LogP contribution in [-0.4, -0.2) is 23.9 Å². The molecule has 5 heterocycles. The first kappa shape index (κ1) is 38.1. The van der Waals surface area contributed by atoms with Gasteiger partial charge in [-0.2, -0.15) is 9.97 Å². The first-order valence-corrected chi connectivity index (χ1v) is 23.1. The Labute approximate surface area is 390 Å². The molecule has 0 aliphatic rings. The van der Waals surface area contributed by atoms with Crippen LogP contribution in [0.25, 0.3) is 132 Å². The van der Waals surface area contributed by atoms with Gasteiger partial charge in [-0.1, -0.05) is 164 Å². The maximum Gasteiger partial charge on any atom is 0.238 e. The lowest BCUT2D eigenvalue weighted by molar-refractivity contribution is 0.953. The Morgan fingerprint density at radius 1 is 0.250 bits per heavy atom. The summed E-state index contributed by atoms with van der Waals surface area (Å²) in [5, 5.41) is 16.3. The van der Waals surface area contributed by atoms with Crippen LogP contribution in [0.15, 0.2) is 237 Å². The maximum atomic E-state index is 5.24. The van der Waals surface area contributed by atoms with Crippen molar-refractivity contribution in [2.75, 3.05) is 0 Å². The number of hydrogen-bond acceptors (Lipinski definition) is 3. The molecule has 0 atom stereocenters. The topological polar surface area (TPSA) is 48.0 Å². The molecule has 68 heavy (non-hydrogen) atoms. The van der Waals surface area contributed by atoms with E-state index < -0.39 is 0 Å². The predicted octanol–water partition coefficient (Wildman–Crippen LogP) is 16.3. The Bertz CT molecular complexity index is 4440. The molecule has 0 amide bonds. The third-order valence-electron chi connectivity index (χ3n) is 13.7. The van der Waals surface area contributed by atoms with E-state index in [4.69, 9.17) is 15.0 Å². The molecule has 0 radical (unpaired) electrons. The van der Waals surface area contributed by atoms with Crippen molar-refractivity contribution < 1.29 is 0 Å². The minimum atomic E-state index is 0.567. The van der Waals surface area contributed by atoms with Crippen molar-refractivity contribution in [1.29, 1.82) is 0 Å². The van der Waals surface area contributed by atoms with Crippen molar-refractivity contribution in [1.82, 2.24) is 23.9 Å². The van der Waals surface area contributed by atoms with Crippen LogP contribution < -0.4 is 0 Å². The molecule has 0 aliphatic carbocycles. The molecule has 0 saturated heterocycles. The Balaban J connectivity index is 1.12. The van der Waals surface area contributed by atoms with E-state index in [2.05, 4.69) is 209 Å². The Morgan fingerprint density at radius 2 is 0.632 bits per heavy atom. The van der Waals surface area contributed by atoms with Gasteiger partial charge in [-0.3, -0.25) is 4.57 Å². The van der Waals surface area contributed by atoms with Crippen LogP contribution in [0.1, 0.15) is 0 Å². The average Bonchev–Trinajstić information content (AvgIpc) is 3.93. The lowest BCUT2D eigenvalue weighted by atomic mass is 10.0. The molecule has 0 N–H and O–H groups in total. The Kier molecular flexibility index (Phi) is 8.52. The summed E-state index contributed by atoms with van der Waals surface area (Å²) in [5.74, 6) is 1.81. The van der Waals surface area contributed by atoms with Crippen molar-refractivity contribution in [2.45, 2.75) is 0 Å². The number of aromatic nitrogens is 5. The normalized spacial score (nSPS) is 11.8. The second-order valence-electron chi connectivity index (χ2n) is 17.7. The molecule has 10 aromatic carbocycles. The third-order valence-corrected chi connectivity index (χ3v) is 13.7. The second kappa shape index (κ2) is 15.2. The van der Waals surface area contributed by atoms with Crippen LogP contribution in [0.2, 0.25) is 0 Å². The van der Waals surface area contributed by atoms with Gasteiger partial charge < -0.3 is 4.40 Å². The fourth-order valence-corrected chi connectivity index (χ4v) is 10.4. The highest BCUT2D eigenvalue weighted by Crippen LogP contribution is 2.37. The van der Waals surface area contributed by atoms with Crippen LogP contribution in [0.5, 0.6) is 0 Å². The summed E-state index contributed by atoms with van der Waals surface area (Å²) < 4.78 is 4.62. The SMILES string of the molecule is c1ccc(-c2nc(-c3ccccc3)nc(-n3c4ccc5cc4c4cc(ccc43)c3ccc4c(c3)c3ccccc3n4c3cccc(c3)c3cccc(c3)c3cccc(c3)c3cccc5c3)n2)cc1. The summed E-state index contributed by atoms with van der Waals surface area (Å²) in [5.41, 5.74) is 7.36. The molecule has 16 bridgehead atoms. The molecule has 0 spiro atoms. The van der Waals surface area contributed by atoms with Gasteiger partial charge in [0.05, 0.1) is 22.1 Å². The van der Waals surface area contributed by atoms with Gasteiger partial charge >= 0.3 is 0 Å². The average molecular weight is 866 g/mol. The monoisotopic (exact) mass is 865 g/mol. The van der Waals surface area contributed by atoms with Gasteiger partial charge in [-0.25, -0.2) is 4.98 Å². The van der Waals surface area contributed by atoms with Gasteiger partial charge in [0.15, 0.2) is 11.6 Å². The molecular weight excluding hydrogens is 827 g/mol.